The van der Waals surface area contributed by atoms with E-state index in [1.165, 1.54) is 0 Å². The highest BCUT2D eigenvalue weighted by Crippen LogP contribution is 2.18. The van der Waals surface area contributed by atoms with Gasteiger partial charge in [0.15, 0.2) is 0 Å². The molecule has 1 rings (SSSR count). The largest absolute Gasteiger partial charge is 0.500 e. The molecular weight excluding hydrogens is 306 g/mol. The lowest BCUT2D eigenvalue weighted by atomic mass is 10.1. The summed E-state index contributed by atoms with van der Waals surface area (Å²) in [6.07, 6.45) is 4.63. The van der Waals surface area contributed by atoms with E-state index in [1.54, 1.807) is 0 Å². The molecule has 0 amide bonds. The van der Waals surface area contributed by atoms with Crippen LogP contribution in [0.3, 0.4) is 0 Å². The molecule has 0 saturated heterocycles. The first-order valence-electron chi connectivity index (χ1n) is 8.33. The molecule has 1 aromatic rings. The molecule has 128 valence electrons. The van der Waals surface area contributed by atoms with Crippen LogP contribution >= 0.6 is 0 Å². The van der Waals surface area contributed by atoms with Gasteiger partial charge >= 0.3 is 8.80 Å². The maximum absolute atomic E-state index is 5.83. The summed E-state index contributed by atoms with van der Waals surface area (Å²) in [4.78, 5) is 4.49. The van der Waals surface area contributed by atoms with Gasteiger partial charge in [0.25, 0.3) is 0 Å². The van der Waals surface area contributed by atoms with Gasteiger partial charge in [-0.15, -0.1) is 0 Å². The predicted molar refractivity (Wildman–Crippen MR) is 99.1 cm³/mol. The quantitative estimate of drug-likeness (QED) is 0.327. The molecule has 0 radical (unpaired) electrons. The lowest BCUT2D eigenvalue weighted by Crippen LogP contribution is -2.46. The van der Waals surface area contributed by atoms with Gasteiger partial charge in [-0.05, 0) is 38.3 Å². The van der Waals surface area contributed by atoms with E-state index in [4.69, 9.17) is 13.3 Å². The minimum atomic E-state index is -2.52. The predicted octanol–water partition coefficient (Wildman–Crippen LogP) is 4.19. The van der Waals surface area contributed by atoms with Gasteiger partial charge in [0, 0.05) is 38.6 Å². The van der Waals surface area contributed by atoms with Crippen molar-refractivity contribution in [3.05, 3.63) is 42.0 Å². The molecule has 0 N–H and O–H groups in total. The fourth-order valence-electron chi connectivity index (χ4n) is 2.28. The van der Waals surface area contributed by atoms with E-state index >= 15 is 0 Å². The van der Waals surface area contributed by atoms with E-state index in [-0.39, 0.29) is 0 Å². The fraction of sp³-hybridized carbons (Fsp3) is 0.500. The number of hydrogen-bond acceptors (Lipinski definition) is 4. The Hall–Kier alpha value is -1.27. The van der Waals surface area contributed by atoms with Crippen molar-refractivity contribution < 1.29 is 13.3 Å². The smallest absolute Gasteiger partial charge is 0.374 e. The number of benzene rings is 1. The van der Waals surface area contributed by atoms with Crippen LogP contribution in [0.5, 0.6) is 0 Å². The third-order valence-electron chi connectivity index (χ3n) is 3.28. The molecule has 0 fully saturated rings. The van der Waals surface area contributed by atoms with Gasteiger partial charge in [0.1, 0.15) is 0 Å². The molecule has 1 aromatic carbocycles. The minimum Gasteiger partial charge on any atom is -0.374 e. The Bertz CT molecular complexity index is 457. The summed E-state index contributed by atoms with van der Waals surface area (Å²) >= 11 is 0. The average Bonchev–Trinajstić information content (AvgIpc) is 2.56. The van der Waals surface area contributed by atoms with E-state index in [0.717, 1.165) is 30.1 Å². The van der Waals surface area contributed by atoms with Gasteiger partial charge < -0.3 is 13.3 Å². The summed E-state index contributed by atoms with van der Waals surface area (Å²) < 4.78 is 17.5. The van der Waals surface area contributed by atoms with Crippen LogP contribution in [0.2, 0.25) is 6.04 Å². The third-order valence-corrected chi connectivity index (χ3v) is 6.43. The molecule has 0 spiro atoms. The van der Waals surface area contributed by atoms with Crippen molar-refractivity contribution in [2.24, 2.45) is 4.99 Å². The topological polar surface area (TPSA) is 40.0 Å². The zero-order valence-electron chi connectivity index (χ0n) is 14.6. The van der Waals surface area contributed by atoms with E-state index in [9.17, 15) is 0 Å². The first kappa shape index (κ1) is 19.8. The molecule has 0 aliphatic carbocycles. The van der Waals surface area contributed by atoms with Crippen LogP contribution in [0.1, 0.15) is 38.3 Å². The molecular formula is C18H29NO3Si. The number of rotatable bonds is 12. The highest BCUT2D eigenvalue weighted by molar-refractivity contribution is 6.60. The molecule has 0 unspecified atom stereocenters. The highest BCUT2D eigenvalue weighted by atomic mass is 28.4. The lowest BCUT2D eigenvalue weighted by Gasteiger charge is -2.28. The average molecular weight is 336 g/mol. The van der Waals surface area contributed by atoms with Gasteiger partial charge in [0.2, 0.25) is 0 Å². The van der Waals surface area contributed by atoms with Crippen molar-refractivity contribution in [1.82, 2.24) is 0 Å². The molecule has 23 heavy (non-hydrogen) atoms. The Labute approximate surface area is 141 Å². The molecule has 0 saturated carbocycles. The number of hydrogen-bond donors (Lipinski definition) is 0. The summed E-state index contributed by atoms with van der Waals surface area (Å²) in [5.41, 5.74) is 2.21. The van der Waals surface area contributed by atoms with Crippen LogP contribution in [-0.4, -0.2) is 41.4 Å². The van der Waals surface area contributed by atoms with E-state index < -0.39 is 8.80 Å². The second-order valence-corrected chi connectivity index (χ2v) is 7.72. The van der Waals surface area contributed by atoms with Crippen molar-refractivity contribution in [3.63, 3.8) is 0 Å². The van der Waals surface area contributed by atoms with Crippen molar-refractivity contribution in [1.29, 1.82) is 0 Å². The molecule has 0 aliphatic rings. The van der Waals surface area contributed by atoms with Gasteiger partial charge in [0.05, 0.1) is 0 Å². The SMILES string of the molecule is C=Cc1ccc(C=NCCC[Si](OCC)(OCC)OCC)cc1. The molecule has 0 aromatic heterocycles. The van der Waals surface area contributed by atoms with Crippen molar-refractivity contribution in [2.45, 2.75) is 33.2 Å². The molecule has 4 nitrogen and oxygen atoms in total. The molecule has 5 heteroatoms. The Kier molecular flexibility index (Phi) is 9.71. The summed E-state index contributed by atoms with van der Waals surface area (Å²) in [6.45, 7) is 12.3. The second kappa shape index (κ2) is 11.3. The number of aliphatic imine (C=N–C) groups is 1. The summed E-state index contributed by atoms with van der Waals surface area (Å²) in [6, 6.07) is 8.95. The monoisotopic (exact) mass is 335 g/mol. The van der Waals surface area contributed by atoms with Crippen LogP contribution in [0.4, 0.5) is 0 Å². The Balaban J connectivity index is 2.48. The number of nitrogens with zero attached hydrogens (tertiary/aromatic N) is 1. The minimum absolute atomic E-state index is 0.616. The summed E-state index contributed by atoms with van der Waals surface area (Å²) in [5, 5.41) is 0. The molecule has 0 atom stereocenters. The van der Waals surface area contributed by atoms with Crippen molar-refractivity contribution >= 4 is 21.1 Å². The van der Waals surface area contributed by atoms with Gasteiger partial charge in [-0.3, -0.25) is 4.99 Å². The first-order chi connectivity index (χ1) is 11.2. The molecule has 0 bridgehead atoms. The first-order valence-corrected chi connectivity index (χ1v) is 10.3. The fourth-order valence-corrected chi connectivity index (χ4v) is 4.87. The van der Waals surface area contributed by atoms with E-state index in [2.05, 4.69) is 11.6 Å². The molecule has 0 heterocycles. The summed E-state index contributed by atoms with van der Waals surface area (Å²) in [7, 11) is -2.52. The van der Waals surface area contributed by atoms with Crippen molar-refractivity contribution in [3.8, 4) is 0 Å². The maximum atomic E-state index is 5.83. The van der Waals surface area contributed by atoms with Gasteiger partial charge in [-0.1, -0.05) is 36.9 Å². The van der Waals surface area contributed by atoms with Crippen LogP contribution in [-0.2, 0) is 13.3 Å². The van der Waals surface area contributed by atoms with Gasteiger partial charge in [-0.2, -0.15) is 0 Å². The van der Waals surface area contributed by atoms with Crippen molar-refractivity contribution in [2.75, 3.05) is 26.4 Å². The zero-order chi connectivity index (χ0) is 17.0. The second-order valence-electron chi connectivity index (χ2n) is 4.99. The van der Waals surface area contributed by atoms with E-state index in [0.29, 0.717) is 19.8 Å². The normalized spacial score (nSPS) is 12.0. The zero-order valence-corrected chi connectivity index (χ0v) is 15.6. The lowest BCUT2D eigenvalue weighted by molar-refractivity contribution is 0.0710. The van der Waals surface area contributed by atoms with Crippen LogP contribution in [0.25, 0.3) is 6.08 Å². The highest BCUT2D eigenvalue weighted by Gasteiger charge is 2.39. The Morgan fingerprint density at radius 1 is 0.957 bits per heavy atom. The van der Waals surface area contributed by atoms with Gasteiger partial charge in [-0.25, -0.2) is 0 Å². The Morgan fingerprint density at radius 3 is 1.96 bits per heavy atom. The molecule has 0 aliphatic heterocycles. The maximum Gasteiger partial charge on any atom is 0.500 e. The summed E-state index contributed by atoms with van der Waals surface area (Å²) in [5.74, 6) is 0. The van der Waals surface area contributed by atoms with Crippen LogP contribution in [0.15, 0.2) is 35.8 Å². The standard InChI is InChI=1S/C18H29NO3Si/c1-5-17-10-12-18(13-11-17)16-19-14-9-15-23(20-6-2,21-7-3)22-8-4/h5,10-13,16H,1,6-9,14-15H2,2-4H3. The van der Waals surface area contributed by atoms with E-state index in [1.807, 2.05) is 57.3 Å². The van der Waals surface area contributed by atoms with Crippen LogP contribution in [0, 0.1) is 0 Å². The van der Waals surface area contributed by atoms with Crippen LogP contribution < -0.4 is 0 Å². The third kappa shape index (κ3) is 7.22. The Morgan fingerprint density at radius 2 is 1.48 bits per heavy atom.